The summed E-state index contributed by atoms with van der Waals surface area (Å²) in [7, 11) is 7.07. The average Bonchev–Trinajstić information content (AvgIpc) is 3.21. The Labute approximate surface area is 206 Å². The standard InChI is InChI=1S/C26H32ClN3O4/c1-16(2)18-12-19(22(31)13-23(18)34-6)26(33)30-14-17-9-10-21(27)25(20(17)15-30)29(5)24(32)8-7-11-28(3)4/h7-10,12-13,16,31H,11,14-15H2,1-6H3/b8-7+. The molecule has 7 nitrogen and oxygen atoms in total. The van der Waals surface area contributed by atoms with Crippen LogP contribution in [0.4, 0.5) is 5.69 Å². The van der Waals surface area contributed by atoms with Crippen LogP contribution in [0.1, 0.15) is 46.8 Å². The third-order valence-electron chi connectivity index (χ3n) is 5.93. The molecule has 0 saturated carbocycles. The van der Waals surface area contributed by atoms with Crippen molar-refractivity contribution in [3.63, 3.8) is 0 Å². The molecule has 0 unspecified atom stereocenters. The molecule has 0 spiro atoms. The van der Waals surface area contributed by atoms with Gasteiger partial charge in [0.15, 0.2) is 0 Å². The summed E-state index contributed by atoms with van der Waals surface area (Å²) >= 11 is 6.51. The fourth-order valence-corrected chi connectivity index (χ4v) is 4.38. The molecular formula is C26H32ClN3O4. The number of nitrogens with zero attached hydrogens (tertiary/aromatic N) is 3. The summed E-state index contributed by atoms with van der Waals surface area (Å²) in [5.41, 5.74) is 3.41. The fraction of sp³-hybridized carbons (Fsp3) is 0.385. The predicted octanol–water partition coefficient (Wildman–Crippen LogP) is 4.41. The highest BCUT2D eigenvalue weighted by molar-refractivity contribution is 6.34. The van der Waals surface area contributed by atoms with Gasteiger partial charge in [-0.2, -0.15) is 0 Å². The van der Waals surface area contributed by atoms with E-state index in [1.807, 2.05) is 38.9 Å². The van der Waals surface area contributed by atoms with Crippen molar-refractivity contribution < 1.29 is 19.4 Å². The van der Waals surface area contributed by atoms with Crippen molar-refractivity contribution in [1.82, 2.24) is 9.80 Å². The maximum absolute atomic E-state index is 13.4. The molecule has 1 aliphatic rings. The molecule has 3 rings (SSSR count). The van der Waals surface area contributed by atoms with Crippen molar-refractivity contribution in [1.29, 1.82) is 0 Å². The minimum absolute atomic E-state index is 0.114. The number of halogens is 1. The van der Waals surface area contributed by atoms with E-state index in [4.69, 9.17) is 16.3 Å². The van der Waals surface area contributed by atoms with Gasteiger partial charge in [0.2, 0.25) is 5.91 Å². The van der Waals surface area contributed by atoms with Crippen LogP contribution in [0, 0.1) is 0 Å². The molecule has 0 atom stereocenters. The minimum atomic E-state index is -0.291. The third kappa shape index (κ3) is 5.21. The Morgan fingerprint density at radius 1 is 1.21 bits per heavy atom. The average molecular weight is 486 g/mol. The van der Waals surface area contributed by atoms with Crippen LogP contribution in [0.15, 0.2) is 36.4 Å². The van der Waals surface area contributed by atoms with Gasteiger partial charge in [0.1, 0.15) is 11.5 Å². The Morgan fingerprint density at radius 2 is 1.91 bits per heavy atom. The maximum atomic E-state index is 13.4. The number of fused-ring (bicyclic) bond motifs is 1. The molecule has 2 amide bonds. The van der Waals surface area contributed by atoms with E-state index in [1.54, 1.807) is 30.2 Å². The molecule has 0 aliphatic carbocycles. The van der Waals surface area contributed by atoms with E-state index in [-0.39, 0.29) is 35.6 Å². The number of rotatable bonds is 7. The van der Waals surface area contributed by atoms with Gasteiger partial charge in [0, 0.05) is 44.4 Å². The molecule has 2 aromatic carbocycles. The molecule has 182 valence electrons. The van der Waals surface area contributed by atoms with Gasteiger partial charge in [-0.3, -0.25) is 9.59 Å². The quantitative estimate of drug-likeness (QED) is 0.588. The number of methoxy groups -OCH3 is 1. The van der Waals surface area contributed by atoms with Gasteiger partial charge in [0.25, 0.3) is 5.91 Å². The second kappa shape index (κ2) is 10.5. The van der Waals surface area contributed by atoms with Crippen LogP contribution in [-0.4, -0.2) is 61.5 Å². The zero-order valence-corrected chi connectivity index (χ0v) is 21.3. The summed E-state index contributed by atoms with van der Waals surface area (Å²) in [5.74, 6) is 0.0454. The maximum Gasteiger partial charge on any atom is 0.258 e. The molecule has 0 radical (unpaired) electrons. The molecule has 0 bridgehead atoms. The fourth-order valence-electron chi connectivity index (χ4n) is 4.07. The first-order valence-electron chi connectivity index (χ1n) is 11.1. The number of likely N-dealkylation sites (N-methyl/N-ethyl adjacent to an activating group) is 2. The Hall–Kier alpha value is -3.03. The van der Waals surface area contributed by atoms with Crippen molar-refractivity contribution in [3.8, 4) is 11.5 Å². The van der Waals surface area contributed by atoms with Crippen LogP contribution in [0.2, 0.25) is 5.02 Å². The Bertz CT molecular complexity index is 1130. The van der Waals surface area contributed by atoms with E-state index < -0.39 is 0 Å². The highest BCUT2D eigenvalue weighted by Crippen LogP contribution is 2.39. The number of hydrogen-bond donors (Lipinski definition) is 1. The Morgan fingerprint density at radius 3 is 2.53 bits per heavy atom. The lowest BCUT2D eigenvalue weighted by atomic mass is 9.98. The predicted molar refractivity (Wildman–Crippen MR) is 135 cm³/mol. The topological polar surface area (TPSA) is 73.3 Å². The number of aromatic hydroxyl groups is 1. The largest absolute Gasteiger partial charge is 0.507 e. The van der Waals surface area contributed by atoms with Crippen molar-refractivity contribution in [2.24, 2.45) is 0 Å². The van der Waals surface area contributed by atoms with E-state index in [0.29, 0.717) is 29.5 Å². The molecule has 1 N–H and O–H groups in total. The summed E-state index contributed by atoms with van der Waals surface area (Å²) in [5, 5.41) is 11.0. The van der Waals surface area contributed by atoms with Crippen molar-refractivity contribution in [3.05, 3.63) is 63.7 Å². The smallest absolute Gasteiger partial charge is 0.258 e. The molecule has 34 heavy (non-hydrogen) atoms. The SMILES string of the molecule is COc1cc(O)c(C(=O)N2Cc3ccc(Cl)c(N(C)C(=O)/C=C/CN(C)C)c3C2)cc1C(C)C. The first kappa shape index (κ1) is 25.6. The van der Waals surface area contributed by atoms with Crippen LogP contribution < -0.4 is 9.64 Å². The number of hydrogen-bond acceptors (Lipinski definition) is 5. The second-order valence-corrected chi connectivity index (χ2v) is 9.43. The van der Waals surface area contributed by atoms with E-state index >= 15 is 0 Å². The van der Waals surface area contributed by atoms with Crippen LogP contribution in [-0.2, 0) is 17.9 Å². The number of phenolic OH excluding ortho intramolecular Hbond substituents is 1. The Balaban J connectivity index is 1.90. The van der Waals surface area contributed by atoms with Crippen LogP contribution in [0.5, 0.6) is 11.5 Å². The van der Waals surface area contributed by atoms with Gasteiger partial charge < -0.3 is 24.5 Å². The number of anilines is 1. The minimum Gasteiger partial charge on any atom is -0.507 e. The van der Waals surface area contributed by atoms with E-state index in [2.05, 4.69) is 0 Å². The monoisotopic (exact) mass is 485 g/mol. The zero-order valence-electron chi connectivity index (χ0n) is 20.6. The zero-order chi connectivity index (χ0) is 25.2. The van der Waals surface area contributed by atoms with Gasteiger partial charge in [-0.15, -0.1) is 0 Å². The van der Waals surface area contributed by atoms with Gasteiger partial charge in [0.05, 0.1) is 23.4 Å². The summed E-state index contributed by atoms with van der Waals surface area (Å²) in [6.45, 7) is 5.29. The van der Waals surface area contributed by atoms with Crippen LogP contribution >= 0.6 is 11.6 Å². The molecular weight excluding hydrogens is 454 g/mol. The summed E-state index contributed by atoms with van der Waals surface area (Å²) in [6, 6.07) is 6.81. The summed E-state index contributed by atoms with van der Waals surface area (Å²) < 4.78 is 5.37. The molecule has 0 fully saturated rings. The van der Waals surface area contributed by atoms with Gasteiger partial charge in [-0.25, -0.2) is 0 Å². The van der Waals surface area contributed by atoms with Crippen LogP contribution in [0.3, 0.4) is 0 Å². The van der Waals surface area contributed by atoms with E-state index in [9.17, 15) is 14.7 Å². The lowest BCUT2D eigenvalue weighted by Gasteiger charge is -2.21. The number of carbonyl (C=O) groups is 2. The molecule has 8 heteroatoms. The lowest BCUT2D eigenvalue weighted by molar-refractivity contribution is -0.113. The molecule has 1 aliphatic heterocycles. The number of phenols is 1. The number of carbonyl (C=O) groups excluding carboxylic acids is 2. The highest BCUT2D eigenvalue weighted by atomic mass is 35.5. The molecule has 2 aromatic rings. The van der Waals surface area contributed by atoms with E-state index in [1.165, 1.54) is 24.2 Å². The van der Waals surface area contributed by atoms with Gasteiger partial charge >= 0.3 is 0 Å². The van der Waals surface area contributed by atoms with Crippen LogP contribution in [0.25, 0.3) is 0 Å². The molecule has 0 saturated heterocycles. The van der Waals surface area contributed by atoms with Crippen molar-refractivity contribution >= 4 is 29.1 Å². The number of benzene rings is 2. The first-order valence-corrected chi connectivity index (χ1v) is 11.5. The second-order valence-electron chi connectivity index (χ2n) is 9.02. The molecule has 0 aromatic heterocycles. The van der Waals surface area contributed by atoms with Gasteiger partial charge in [-0.1, -0.05) is 37.6 Å². The lowest BCUT2D eigenvalue weighted by Crippen LogP contribution is -2.27. The molecule has 1 heterocycles. The first-order chi connectivity index (χ1) is 16.0. The third-order valence-corrected chi connectivity index (χ3v) is 6.23. The van der Waals surface area contributed by atoms with Crippen molar-refractivity contribution in [2.75, 3.05) is 39.7 Å². The summed E-state index contributed by atoms with van der Waals surface area (Å²) in [4.78, 5) is 31.3. The normalized spacial score (nSPS) is 13.1. The number of ether oxygens (including phenoxy) is 1. The summed E-state index contributed by atoms with van der Waals surface area (Å²) in [6.07, 6.45) is 3.32. The highest BCUT2D eigenvalue weighted by Gasteiger charge is 2.31. The van der Waals surface area contributed by atoms with Gasteiger partial charge in [-0.05, 0) is 43.3 Å². The number of amides is 2. The van der Waals surface area contributed by atoms with Crippen molar-refractivity contribution in [2.45, 2.75) is 32.9 Å². The Kier molecular flexibility index (Phi) is 7.89. The van der Waals surface area contributed by atoms with E-state index in [0.717, 1.165) is 16.7 Å².